The van der Waals surface area contributed by atoms with E-state index in [9.17, 15) is 9.59 Å². The molecule has 0 atom stereocenters. The predicted octanol–water partition coefficient (Wildman–Crippen LogP) is 1.65. The first-order valence-electron chi connectivity index (χ1n) is 9.50. The van der Waals surface area contributed by atoms with Crippen LogP contribution in [0, 0.1) is 0 Å². The maximum Gasteiger partial charge on any atom is 0.273 e. The van der Waals surface area contributed by atoms with Gasteiger partial charge in [0.2, 0.25) is 5.91 Å². The SMILES string of the molecule is O=C1CCCN1Cc1cn(C2CN(C(=O)c3nccc4ccccc34)C2)nn1. The minimum Gasteiger partial charge on any atom is -0.337 e. The fourth-order valence-corrected chi connectivity index (χ4v) is 3.86. The summed E-state index contributed by atoms with van der Waals surface area (Å²) in [5, 5.41) is 10.3. The molecule has 142 valence electrons. The highest BCUT2D eigenvalue weighted by molar-refractivity contribution is 6.05. The molecule has 0 spiro atoms. The molecule has 2 aliphatic heterocycles. The van der Waals surface area contributed by atoms with Crippen LogP contribution in [0.2, 0.25) is 0 Å². The molecule has 0 saturated carbocycles. The van der Waals surface area contributed by atoms with Gasteiger partial charge >= 0.3 is 0 Å². The molecule has 8 nitrogen and oxygen atoms in total. The first-order chi connectivity index (χ1) is 13.7. The van der Waals surface area contributed by atoms with Crippen LogP contribution in [0.15, 0.2) is 42.7 Å². The molecular weight excluding hydrogens is 356 g/mol. The Morgan fingerprint density at radius 2 is 2.04 bits per heavy atom. The van der Waals surface area contributed by atoms with Crippen molar-refractivity contribution in [2.24, 2.45) is 0 Å². The molecule has 5 rings (SSSR count). The minimum atomic E-state index is -0.0592. The van der Waals surface area contributed by atoms with E-state index in [2.05, 4.69) is 15.3 Å². The minimum absolute atomic E-state index is 0.0592. The van der Waals surface area contributed by atoms with Gasteiger partial charge < -0.3 is 9.80 Å². The molecule has 1 aromatic carbocycles. The third-order valence-corrected chi connectivity index (χ3v) is 5.48. The molecule has 2 amide bonds. The van der Waals surface area contributed by atoms with E-state index in [1.54, 1.807) is 15.8 Å². The lowest BCUT2D eigenvalue weighted by molar-refractivity contribution is -0.128. The zero-order chi connectivity index (χ0) is 19.1. The standard InChI is InChI=1S/C20H20N6O2/c27-18-6-3-9-24(18)10-15-11-26(23-22-15)16-12-25(13-16)20(28)19-17-5-2-1-4-14(17)7-8-21-19/h1-2,4-5,7-8,11,16H,3,6,9-10,12-13H2. The number of nitrogens with zero attached hydrogens (tertiary/aromatic N) is 6. The maximum atomic E-state index is 12.9. The zero-order valence-electron chi connectivity index (χ0n) is 15.4. The molecule has 2 aromatic heterocycles. The average molecular weight is 376 g/mol. The van der Waals surface area contributed by atoms with Crippen molar-refractivity contribution in [2.45, 2.75) is 25.4 Å². The molecule has 2 aliphatic rings. The number of hydrogen-bond donors (Lipinski definition) is 0. The molecule has 4 heterocycles. The van der Waals surface area contributed by atoms with E-state index in [0.717, 1.165) is 29.4 Å². The Morgan fingerprint density at radius 3 is 2.86 bits per heavy atom. The van der Waals surface area contributed by atoms with Gasteiger partial charge in [0.25, 0.3) is 5.91 Å². The van der Waals surface area contributed by atoms with Gasteiger partial charge in [-0.1, -0.05) is 29.5 Å². The van der Waals surface area contributed by atoms with E-state index in [0.29, 0.717) is 31.7 Å². The molecule has 3 aromatic rings. The van der Waals surface area contributed by atoms with Crippen molar-refractivity contribution in [1.29, 1.82) is 0 Å². The van der Waals surface area contributed by atoms with E-state index >= 15 is 0 Å². The van der Waals surface area contributed by atoms with Crippen LogP contribution in [0.3, 0.4) is 0 Å². The number of pyridine rings is 1. The lowest BCUT2D eigenvalue weighted by Crippen LogP contribution is -2.51. The van der Waals surface area contributed by atoms with Gasteiger partial charge in [-0.3, -0.25) is 14.6 Å². The summed E-state index contributed by atoms with van der Waals surface area (Å²) in [5.41, 5.74) is 1.28. The van der Waals surface area contributed by atoms with Gasteiger partial charge in [-0.15, -0.1) is 5.10 Å². The molecule has 0 unspecified atom stereocenters. The summed E-state index contributed by atoms with van der Waals surface area (Å²) in [7, 11) is 0. The van der Waals surface area contributed by atoms with Crippen molar-refractivity contribution in [3.8, 4) is 0 Å². The van der Waals surface area contributed by atoms with Crippen molar-refractivity contribution in [3.05, 3.63) is 54.1 Å². The highest BCUT2D eigenvalue weighted by Gasteiger charge is 2.34. The maximum absolute atomic E-state index is 12.9. The van der Waals surface area contributed by atoms with Gasteiger partial charge in [0.15, 0.2) is 0 Å². The smallest absolute Gasteiger partial charge is 0.273 e. The van der Waals surface area contributed by atoms with Gasteiger partial charge in [0, 0.05) is 37.6 Å². The van der Waals surface area contributed by atoms with Gasteiger partial charge in [-0.25, -0.2) is 4.68 Å². The Hall–Kier alpha value is -3.29. The highest BCUT2D eigenvalue weighted by Crippen LogP contribution is 2.25. The fraction of sp³-hybridized carbons (Fsp3) is 0.350. The third-order valence-electron chi connectivity index (χ3n) is 5.48. The normalized spacial score (nSPS) is 17.4. The van der Waals surface area contributed by atoms with Gasteiger partial charge in [-0.05, 0) is 17.9 Å². The van der Waals surface area contributed by atoms with Gasteiger partial charge in [0.05, 0.1) is 18.8 Å². The van der Waals surface area contributed by atoms with Crippen LogP contribution in [0.5, 0.6) is 0 Å². The number of carbonyl (C=O) groups excluding carboxylic acids is 2. The van der Waals surface area contributed by atoms with Gasteiger partial charge in [0.1, 0.15) is 11.4 Å². The largest absolute Gasteiger partial charge is 0.337 e. The molecule has 2 saturated heterocycles. The first-order valence-corrected chi connectivity index (χ1v) is 9.50. The molecule has 8 heteroatoms. The first kappa shape index (κ1) is 16.9. The summed E-state index contributed by atoms with van der Waals surface area (Å²) in [5.74, 6) is 0.119. The molecule has 0 bridgehead atoms. The molecule has 0 radical (unpaired) electrons. The van der Waals surface area contributed by atoms with Crippen molar-refractivity contribution in [3.63, 3.8) is 0 Å². The predicted molar refractivity (Wildman–Crippen MR) is 101 cm³/mol. The fourth-order valence-electron chi connectivity index (χ4n) is 3.86. The number of aromatic nitrogens is 4. The third kappa shape index (κ3) is 2.90. The van der Waals surface area contributed by atoms with Crippen LogP contribution in [-0.2, 0) is 11.3 Å². The molecule has 28 heavy (non-hydrogen) atoms. The Balaban J connectivity index is 1.25. The van der Waals surface area contributed by atoms with Crippen molar-refractivity contribution >= 4 is 22.6 Å². The molecule has 0 aliphatic carbocycles. The Bertz CT molecular complexity index is 1050. The van der Waals surface area contributed by atoms with E-state index in [1.165, 1.54) is 0 Å². The van der Waals surface area contributed by atoms with E-state index < -0.39 is 0 Å². The number of fused-ring (bicyclic) bond motifs is 1. The second-order valence-electron chi connectivity index (χ2n) is 7.35. The van der Waals surface area contributed by atoms with Crippen LogP contribution in [0.4, 0.5) is 0 Å². The molecule has 0 N–H and O–H groups in total. The number of likely N-dealkylation sites (tertiary alicyclic amines) is 2. The molecule has 2 fully saturated rings. The zero-order valence-corrected chi connectivity index (χ0v) is 15.4. The van der Waals surface area contributed by atoms with Crippen LogP contribution in [0.1, 0.15) is 35.1 Å². The number of hydrogen-bond acceptors (Lipinski definition) is 5. The summed E-state index contributed by atoms with van der Waals surface area (Å²) < 4.78 is 1.80. The Morgan fingerprint density at radius 1 is 1.18 bits per heavy atom. The quantitative estimate of drug-likeness (QED) is 0.691. The van der Waals surface area contributed by atoms with Crippen LogP contribution >= 0.6 is 0 Å². The molecular formula is C20H20N6O2. The summed E-state index contributed by atoms with van der Waals surface area (Å²) in [6.45, 7) is 2.45. The van der Waals surface area contributed by atoms with Crippen molar-refractivity contribution < 1.29 is 9.59 Å². The lowest BCUT2D eigenvalue weighted by Gasteiger charge is -2.38. The van der Waals surface area contributed by atoms with Crippen molar-refractivity contribution in [2.75, 3.05) is 19.6 Å². The van der Waals surface area contributed by atoms with Gasteiger partial charge in [-0.2, -0.15) is 0 Å². The number of rotatable bonds is 4. The van der Waals surface area contributed by atoms with Crippen LogP contribution in [0.25, 0.3) is 10.8 Å². The second-order valence-corrected chi connectivity index (χ2v) is 7.35. The van der Waals surface area contributed by atoms with Crippen molar-refractivity contribution in [1.82, 2.24) is 29.8 Å². The van der Waals surface area contributed by atoms with E-state index in [-0.39, 0.29) is 17.9 Å². The topological polar surface area (TPSA) is 84.2 Å². The monoisotopic (exact) mass is 376 g/mol. The van der Waals surface area contributed by atoms with Crippen LogP contribution < -0.4 is 0 Å². The summed E-state index contributed by atoms with van der Waals surface area (Å²) >= 11 is 0. The second kappa shape index (κ2) is 6.70. The highest BCUT2D eigenvalue weighted by atomic mass is 16.2. The number of amides is 2. The van der Waals surface area contributed by atoms with Crippen LogP contribution in [-0.4, -0.2) is 61.2 Å². The van der Waals surface area contributed by atoms with E-state index in [1.807, 2.05) is 41.4 Å². The Kier molecular flexibility index (Phi) is 4.03. The Labute approximate surface area is 161 Å². The number of carbonyl (C=O) groups is 2. The summed E-state index contributed by atoms with van der Waals surface area (Å²) in [6, 6.07) is 9.79. The lowest BCUT2D eigenvalue weighted by atomic mass is 10.1. The number of benzene rings is 1. The van der Waals surface area contributed by atoms with E-state index in [4.69, 9.17) is 0 Å². The summed E-state index contributed by atoms with van der Waals surface area (Å²) in [4.78, 5) is 32.5. The summed E-state index contributed by atoms with van der Waals surface area (Å²) in [6.07, 6.45) is 5.09. The average Bonchev–Trinajstić information content (AvgIpc) is 3.30.